The van der Waals surface area contributed by atoms with Crippen molar-refractivity contribution in [3.63, 3.8) is 0 Å². The minimum atomic E-state index is 0.479. The van der Waals surface area contributed by atoms with E-state index in [0.29, 0.717) is 21.8 Å². The highest BCUT2D eigenvalue weighted by Gasteiger charge is 2.08. The number of hydrogen-bond donors (Lipinski definition) is 2. The van der Waals surface area contributed by atoms with E-state index in [0.717, 1.165) is 23.6 Å². The first kappa shape index (κ1) is 16.5. The Morgan fingerprint density at radius 3 is 2.54 bits per heavy atom. The van der Waals surface area contributed by atoms with E-state index in [1.54, 1.807) is 18.3 Å². The highest BCUT2D eigenvalue weighted by Crippen LogP contribution is 2.27. The second kappa shape index (κ2) is 7.47. The molecule has 0 bridgehead atoms. The Hall–Kier alpha value is -2.37. The second-order valence-corrected chi connectivity index (χ2v) is 5.78. The topological polar surface area (TPSA) is 62.7 Å². The molecule has 0 unspecified atom stereocenters. The lowest BCUT2D eigenvalue weighted by Crippen LogP contribution is -2.05. The van der Waals surface area contributed by atoms with Crippen LogP contribution in [0.25, 0.3) is 11.4 Å². The largest absolute Gasteiger partial charge is 0.354 e. The van der Waals surface area contributed by atoms with Gasteiger partial charge in [0.1, 0.15) is 5.82 Å². The van der Waals surface area contributed by atoms with Crippen LogP contribution in [0.1, 0.15) is 6.92 Å². The number of benzene rings is 1. The summed E-state index contributed by atoms with van der Waals surface area (Å²) in [4.78, 5) is 13.3. The van der Waals surface area contributed by atoms with Crippen LogP contribution in [0, 0.1) is 0 Å². The zero-order valence-electron chi connectivity index (χ0n) is 12.9. The highest BCUT2D eigenvalue weighted by atomic mass is 35.5. The average Bonchev–Trinajstić information content (AvgIpc) is 2.59. The Kier molecular flexibility index (Phi) is 5.13. The van der Waals surface area contributed by atoms with Gasteiger partial charge in [-0.15, -0.1) is 0 Å². The number of aromatic nitrogens is 3. The van der Waals surface area contributed by atoms with Gasteiger partial charge in [0.2, 0.25) is 5.95 Å². The molecular weight excluding hydrogens is 345 g/mol. The van der Waals surface area contributed by atoms with Gasteiger partial charge in [-0.25, -0.2) is 4.98 Å². The van der Waals surface area contributed by atoms with Crippen LogP contribution in [0.2, 0.25) is 10.0 Å². The number of halogens is 2. The SMILES string of the molecule is CCNc1nc(Nc2ccc(Cl)c(Cl)c2)cc(-c2ccccn2)n1. The first-order valence-corrected chi connectivity index (χ1v) is 8.17. The number of anilines is 3. The monoisotopic (exact) mass is 359 g/mol. The third-order valence-electron chi connectivity index (χ3n) is 3.18. The zero-order chi connectivity index (χ0) is 16.9. The van der Waals surface area contributed by atoms with E-state index in [1.807, 2.05) is 37.3 Å². The molecule has 0 saturated carbocycles. The maximum absolute atomic E-state index is 6.06. The fourth-order valence-corrected chi connectivity index (χ4v) is 2.41. The van der Waals surface area contributed by atoms with E-state index in [1.165, 1.54) is 0 Å². The van der Waals surface area contributed by atoms with E-state index in [-0.39, 0.29) is 0 Å². The summed E-state index contributed by atoms with van der Waals surface area (Å²) in [5.74, 6) is 1.17. The smallest absolute Gasteiger partial charge is 0.225 e. The maximum atomic E-state index is 6.06. The van der Waals surface area contributed by atoms with Crippen molar-refractivity contribution in [3.8, 4) is 11.4 Å². The Balaban J connectivity index is 1.97. The summed E-state index contributed by atoms with van der Waals surface area (Å²) in [6, 6.07) is 12.8. The fraction of sp³-hybridized carbons (Fsp3) is 0.118. The van der Waals surface area contributed by atoms with Gasteiger partial charge in [-0.2, -0.15) is 4.98 Å². The minimum absolute atomic E-state index is 0.479. The van der Waals surface area contributed by atoms with E-state index in [4.69, 9.17) is 23.2 Å². The molecule has 0 aliphatic carbocycles. The minimum Gasteiger partial charge on any atom is -0.354 e. The van der Waals surface area contributed by atoms with Crippen molar-refractivity contribution >= 4 is 40.7 Å². The lowest BCUT2D eigenvalue weighted by molar-refractivity contribution is 1.08. The molecule has 0 spiro atoms. The molecule has 0 saturated heterocycles. The number of hydrogen-bond acceptors (Lipinski definition) is 5. The van der Waals surface area contributed by atoms with Crippen LogP contribution in [-0.4, -0.2) is 21.5 Å². The fourth-order valence-electron chi connectivity index (χ4n) is 2.12. The Morgan fingerprint density at radius 1 is 0.958 bits per heavy atom. The van der Waals surface area contributed by atoms with Gasteiger partial charge in [-0.1, -0.05) is 29.3 Å². The molecule has 0 aliphatic heterocycles. The van der Waals surface area contributed by atoms with Crippen LogP contribution < -0.4 is 10.6 Å². The van der Waals surface area contributed by atoms with Gasteiger partial charge in [0.25, 0.3) is 0 Å². The van der Waals surface area contributed by atoms with Crippen molar-refractivity contribution < 1.29 is 0 Å². The Morgan fingerprint density at radius 2 is 1.83 bits per heavy atom. The van der Waals surface area contributed by atoms with Crippen molar-refractivity contribution in [2.75, 3.05) is 17.2 Å². The molecule has 1 aromatic carbocycles. The summed E-state index contributed by atoms with van der Waals surface area (Å²) < 4.78 is 0. The van der Waals surface area contributed by atoms with E-state index in [9.17, 15) is 0 Å². The van der Waals surface area contributed by atoms with Crippen LogP contribution in [0.4, 0.5) is 17.5 Å². The van der Waals surface area contributed by atoms with Gasteiger partial charge >= 0.3 is 0 Å². The van der Waals surface area contributed by atoms with E-state index in [2.05, 4.69) is 25.6 Å². The molecule has 122 valence electrons. The second-order valence-electron chi connectivity index (χ2n) is 4.96. The summed E-state index contributed by atoms with van der Waals surface area (Å²) in [6.45, 7) is 2.71. The van der Waals surface area contributed by atoms with Crippen LogP contribution in [-0.2, 0) is 0 Å². The first-order valence-electron chi connectivity index (χ1n) is 7.42. The van der Waals surface area contributed by atoms with Crippen molar-refractivity contribution in [3.05, 3.63) is 58.7 Å². The predicted molar refractivity (Wildman–Crippen MR) is 99.2 cm³/mol. The molecule has 2 heterocycles. The van der Waals surface area contributed by atoms with Crippen LogP contribution >= 0.6 is 23.2 Å². The van der Waals surface area contributed by atoms with Gasteiger partial charge in [-0.3, -0.25) is 4.98 Å². The van der Waals surface area contributed by atoms with E-state index < -0.39 is 0 Å². The molecule has 2 aromatic heterocycles. The Labute approximate surface area is 150 Å². The number of nitrogens with one attached hydrogen (secondary N) is 2. The zero-order valence-corrected chi connectivity index (χ0v) is 14.4. The van der Waals surface area contributed by atoms with Gasteiger partial charge in [-0.05, 0) is 37.3 Å². The van der Waals surface area contributed by atoms with Crippen molar-refractivity contribution in [1.29, 1.82) is 0 Å². The van der Waals surface area contributed by atoms with Gasteiger partial charge in [0, 0.05) is 24.5 Å². The van der Waals surface area contributed by atoms with Crippen molar-refractivity contribution in [2.45, 2.75) is 6.92 Å². The number of nitrogens with zero attached hydrogens (tertiary/aromatic N) is 3. The summed E-state index contributed by atoms with van der Waals surface area (Å²) in [5.41, 5.74) is 2.29. The third kappa shape index (κ3) is 3.93. The van der Waals surface area contributed by atoms with Crippen molar-refractivity contribution in [1.82, 2.24) is 15.0 Å². The van der Waals surface area contributed by atoms with Crippen LogP contribution in [0.15, 0.2) is 48.7 Å². The maximum Gasteiger partial charge on any atom is 0.225 e. The van der Waals surface area contributed by atoms with E-state index >= 15 is 0 Å². The summed E-state index contributed by atoms with van der Waals surface area (Å²) in [7, 11) is 0. The standard InChI is InChI=1S/C17H15Cl2N5/c1-2-20-17-23-15(14-5-3-4-8-21-14)10-16(24-17)22-11-6-7-12(18)13(19)9-11/h3-10H,2H2,1H3,(H2,20,22,23,24). The molecule has 0 amide bonds. The lowest BCUT2D eigenvalue weighted by atomic mass is 10.2. The summed E-state index contributed by atoms with van der Waals surface area (Å²) in [5, 5.41) is 7.33. The van der Waals surface area contributed by atoms with Crippen LogP contribution in [0.5, 0.6) is 0 Å². The summed E-state index contributed by atoms with van der Waals surface area (Å²) >= 11 is 12.0. The molecule has 24 heavy (non-hydrogen) atoms. The summed E-state index contributed by atoms with van der Waals surface area (Å²) in [6.07, 6.45) is 1.73. The molecule has 0 atom stereocenters. The molecule has 0 radical (unpaired) electrons. The molecule has 2 N–H and O–H groups in total. The first-order chi connectivity index (χ1) is 11.7. The predicted octanol–water partition coefficient (Wildman–Crippen LogP) is 5.02. The quantitative estimate of drug-likeness (QED) is 0.669. The molecule has 3 aromatic rings. The average molecular weight is 360 g/mol. The highest BCUT2D eigenvalue weighted by molar-refractivity contribution is 6.42. The van der Waals surface area contributed by atoms with Crippen LogP contribution in [0.3, 0.4) is 0 Å². The normalized spacial score (nSPS) is 10.5. The van der Waals surface area contributed by atoms with Gasteiger partial charge < -0.3 is 10.6 Å². The molecule has 0 aliphatic rings. The Bertz CT molecular complexity index is 840. The van der Waals surface area contributed by atoms with Crippen molar-refractivity contribution in [2.24, 2.45) is 0 Å². The van der Waals surface area contributed by atoms with Gasteiger partial charge in [0.15, 0.2) is 0 Å². The number of pyridine rings is 1. The molecular formula is C17H15Cl2N5. The molecule has 7 heteroatoms. The molecule has 0 fully saturated rings. The molecule has 5 nitrogen and oxygen atoms in total. The lowest BCUT2D eigenvalue weighted by Gasteiger charge is -2.11. The number of rotatable bonds is 5. The third-order valence-corrected chi connectivity index (χ3v) is 3.92. The molecule has 3 rings (SSSR count). The van der Waals surface area contributed by atoms with Gasteiger partial charge in [0.05, 0.1) is 21.4 Å².